The summed E-state index contributed by atoms with van der Waals surface area (Å²) in [5, 5.41) is 10.9. The van der Waals surface area contributed by atoms with E-state index in [2.05, 4.69) is 15.5 Å². The lowest BCUT2D eigenvalue weighted by molar-refractivity contribution is 0.0697. The van der Waals surface area contributed by atoms with Crippen molar-refractivity contribution in [1.29, 1.82) is 0 Å². The third kappa shape index (κ3) is 3.74. The van der Waals surface area contributed by atoms with Gasteiger partial charge in [-0.3, -0.25) is 4.79 Å². The summed E-state index contributed by atoms with van der Waals surface area (Å²) < 4.78 is 42.0. The van der Waals surface area contributed by atoms with Crippen LogP contribution in [0.3, 0.4) is 0 Å². The van der Waals surface area contributed by atoms with Gasteiger partial charge in [-0.2, -0.15) is 4.31 Å². The minimum absolute atomic E-state index is 0.0924. The highest BCUT2D eigenvalue weighted by atomic mass is 32.2. The van der Waals surface area contributed by atoms with Gasteiger partial charge in [-0.15, -0.1) is 5.10 Å². The van der Waals surface area contributed by atoms with Crippen LogP contribution in [0, 0.1) is 5.82 Å². The molecule has 0 aliphatic carbocycles. The molecule has 0 saturated carbocycles. The Labute approximate surface area is 166 Å². The molecule has 3 aromatic rings. The van der Waals surface area contributed by atoms with E-state index >= 15 is 0 Å². The highest BCUT2D eigenvalue weighted by Crippen LogP contribution is 2.21. The molecule has 0 unspecified atom stereocenters. The van der Waals surface area contributed by atoms with Crippen LogP contribution in [0.4, 0.5) is 4.39 Å². The number of benzene rings is 2. The number of hydrogen-bond donors (Lipinski definition) is 0. The van der Waals surface area contributed by atoms with Crippen LogP contribution in [0.5, 0.6) is 0 Å². The number of rotatable bonds is 4. The average molecular weight is 416 g/mol. The summed E-state index contributed by atoms with van der Waals surface area (Å²) in [6.07, 6.45) is 1.43. The molecule has 1 amide bonds. The number of hydrogen-bond acceptors (Lipinski definition) is 6. The molecule has 2 aromatic carbocycles. The second-order valence-electron chi connectivity index (χ2n) is 6.43. The van der Waals surface area contributed by atoms with Gasteiger partial charge in [-0.05, 0) is 40.8 Å². The number of halogens is 1. The molecule has 0 radical (unpaired) electrons. The molecular formula is C18H17FN6O3S. The van der Waals surface area contributed by atoms with Crippen molar-refractivity contribution >= 4 is 15.9 Å². The number of amides is 1. The summed E-state index contributed by atoms with van der Waals surface area (Å²) in [7, 11) is -3.95. The first-order valence-corrected chi connectivity index (χ1v) is 10.3. The van der Waals surface area contributed by atoms with Crippen LogP contribution in [0.1, 0.15) is 10.4 Å². The molecule has 150 valence electrons. The Morgan fingerprint density at radius 3 is 2.45 bits per heavy atom. The van der Waals surface area contributed by atoms with E-state index in [1.54, 1.807) is 29.2 Å². The fourth-order valence-electron chi connectivity index (χ4n) is 3.17. The third-order valence-corrected chi connectivity index (χ3v) is 6.62. The van der Waals surface area contributed by atoms with Crippen LogP contribution in [0.25, 0.3) is 5.69 Å². The minimum Gasteiger partial charge on any atom is -0.336 e. The molecule has 0 spiro atoms. The van der Waals surface area contributed by atoms with Crippen molar-refractivity contribution in [3.05, 3.63) is 66.2 Å². The predicted molar refractivity (Wildman–Crippen MR) is 100 cm³/mol. The smallest absolute Gasteiger partial charge is 0.254 e. The second-order valence-corrected chi connectivity index (χ2v) is 8.34. The zero-order chi connectivity index (χ0) is 20.4. The van der Waals surface area contributed by atoms with Crippen LogP contribution in [0.2, 0.25) is 0 Å². The molecule has 4 rings (SSSR count). The maximum Gasteiger partial charge on any atom is 0.254 e. The Kier molecular flexibility index (Phi) is 5.07. The molecule has 1 aromatic heterocycles. The van der Waals surface area contributed by atoms with Crippen LogP contribution in [-0.4, -0.2) is 69.9 Å². The highest BCUT2D eigenvalue weighted by Gasteiger charge is 2.32. The van der Waals surface area contributed by atoms with E-state index in [9.17, 15) is 17.6 Å². The monoisotopic (exact) mass is 416 g/mol. The van der Waals surface area contributed by atoms with Crippen molar-refractivity contribution in [2.75, 3.05) is 26.2 Å². The van der Waals surface area contributed by atoms with Gasteiger partial charge < -0.3 is 4.90 Å². The van der Waals surface area contributed by atoms with Crippen LogP contribution >= 0.6 is 0 Å². The molecule has 1 fully saturated rings. The zero-order valence-corrected chi connectivity index (χ0v) is 16.0. The molecule has 0 bridgehead atoms. The zero-order valence-electron chi connectivity index (χ0n) is 15.2. The third-order valence-electron chi connectivity index (χ3n) is 4.69. The molecule has 29 heavy (non-hydrogen) atoms. The van der Waals surface area contributed by atoms with E-state index in [1.807, 2.05) is 0 Å². The van der Waals surface area contributed by atoms with Gasteiger partial charge >= 0.3 is 0 Å². The Morgan fingerprint density at radius 1 is 1.00 bits per heavy atom. The average Bonchev–Trinajstić information content (AvgIpc) is 3.29. The first-order valence-electron chi connectivity index (χ1n) is 8.84. The quantitative estimate of drug-likeness (QED) is 0.628. The number of nitrogens with zero attached hydrogens (tertiary/aromatic N) is 6. The Balaban J connectivity index is 1.47. The van der Waals surface area contributed by atoms with Crippen molar-refractivity contribution in [2.45, 2.75) is 4.90 Å². The number of piperazine rings is 1. The van der Waals surface area contributed by atoms with Crippen molar-refractivity contribution in [3.63, 3.8) is 0 Å². The highest BCUT2D eigenvalue weighted by molar-refractivity contribution is 7.89. The van der Waals surface area contributed by atoms with Crippen molar-refractivity contribution in [3.8, 4) is 5.69 Å². The number of aromatic nitrogens is 4. The minimum atomic E-state index is -3.95. The first-order chi connectivity index (χ1) is 14.0. The summed E-state index contributed by atoms with van der Waals surface area (Å²) in [5.41, 5.74) is 1.09. The number of sulfonamides is 1. The topological polar surface area (TPSA) is 101 Å². The summed E-state index contributed by atoms with van der Waals surface area (Å²) in [5.74, 6) is -1.01. The van der Waals surface area contributed by atoms with Gasteiger partial charge in [-0.1, -0.05) is 18.2 Å². The van der Waals surface area contributed by atoms with Gasteiger partial charge in [0.15, 0.2) is 0 Å². The van der Waals surface area contributed by atoms with E-state index in [4.69, 9.17) is 0 Å². The van der Waals surface area contributed by atoms with Crippen molar-refractivity contribution < 1.29 is 17.6 Å². The van der Waals surface area contributed by atoms with E-state index in [1.165, 1.54) is 33.5 Å². The first kappa shape index (κ1) is 19.2. The van der Waals surface area contributed by atoms with Gasteiger partial charge in [0, 0.05) is 31.7 Å². The molecule has 0 atom stereocenters. The predicted octanol–water partition coefficient (Wildman–Crippen LogP) is 0.948. The lowest BCUT2D eigenvalue weighted by Gasteiger charge is -2.34. The molecular weight excluding hydrogens is 399 g/mol. The fourth-order valence-corrected chi connectivity index (χ4v) is 4.66. The standard InChI is InChI=1S/C18H17FN6O3S/c19-16-6-1-2-7-17(16)29(27,28)24-10-8-23(9-11-24)18(26)14-4-3-5-15(12-14)25-13-20-21-22-25/h1-7,12-13H,8-11H2. The fraction of sp³-hybridized carbons (Fsp3) is 0.222. The van der Waals surface area contributed by atoms with E-state index in [0.29, 0.717) is 11.3 Å². The molecule has 1 aliphatic rings. The largest absolute Gasteiger partial charge is 0.336 e. The lowest BCUT2D eigenvalue weighted by atomic mass is 10.1. The Bertz CT molecular complexity index is 1130. The van der Waals surface area contributed by atoms with Crippen molar-refractivity contribution in [1.82, 2.24) is 29.4 Å². The van der Waals surface area contributed by atoms with E-state index < -0.39 is 15.8 Å². The summed E-state index contributed by atoms with van der Waals surface area (Å²) in [4.78, 5) is 14.1. The van der Waals surface area contributed by atoms with Crippen LogP contribution in [-0.2, 0) is 10.0 Å². The van der Waals surface area contributed by atoms with E-state index in [-0.39, 0.29) is 37.0 Å². The van der Waals surface area contributed by atoms with Crippen LogP contribution < -0.4 is 0 Å². The normalized spacial score (nSPS) is 15.4. The van der Waals surface area contributed by atoms with Crippen LogP contribution in [0.15, 0.2) is 59.8 Å². The second kappa shape index (κ2) is 7.68. The van der Waals surface area contributed by atoms with Gasteiger partial charge in [0.2, 0.25) is 10.0 Å². The molecule has 2 heterocycles. The van der Waals surface area contributed by atoms with Gasteiger partial charge in [0.1, 0.15) is 17.0 Å². The molecule has 9 nitrogen and oxygen atoms in total. The number of carbonyl (C=O) groups excluding carboxylic acids is 1. The summed E-state index contributed by atoms with van der Waals surface area (Å²) >= 11 is 0. The summed E-state index contributed by atoms with van der Waals surface area (Å²) in [6, 6.07) is 12.1. The van der Waals surface area contributed by atoms with Gasteiger partial charge in [0.05, 0.1) is 5.69 Å². The SMILES string of the molecule is O=C(c1cccc(-n2cnnn2)c1)N1CCN(S(=O)(=O)c2ccccc2F)CC1. The lowest BCUT2D eigenvalue weighted by Crippen LogP contribution is -2.50. The Hall–Kier alpha value is -3.18. The maximum atomic E-state index is 13.9. The molecule has 1 saturated heterocycles. The van der Waals surface area contributed by atoms with E-state index in [0.717, 1.165) is 6.07 Å². The van der Waals surface area contributed by atoms with Gasteiger partial charge in [-0.25, -0.2) is 17.5 Å². The van der Waals surface area contributed by atoms with Gasteiger partial charge in [0.25, 0.3) is 5.91 Å². The molecule has 11 heteroatoms. The number of carbonyl (C=O) groups is 1. The van der Waals surface area contributed by atoms with Crippen molar-refractivity contribution in [2.24, 2.45) is 0 Å². The Morgan fingerprint density at radius 2 is 1.76 bits per heavy atom. The number of tetrazole rings is 1. The molecule has 1 aliphatic heterocycles. The maximum absolute atomic E-state index is 13.9. The molecule has 0 N–H and O–H groups in total. The summed E-state index contributed by atoms with van der Waals surface area (Å²) in [6.45, 7) is 0.605.